The number of methoxy groups -OCH3 is 1. The summed E-state index contributed by atoms with van der Waals surface area (Å²) in [7, 11) is 1.46. The highest BCUT2D eigenvalue weighted by Crippen LogP contribution is 2.27. The number of carbonyl (C=O) groups excluding carboxylic acids is 2. The van der Waals surface area contributed by atoms with Crippen LogP contribution in [0.2, 0.25) is 0 Å². The van der Waals surface area contributed by atoms with E-state index in [1.807, 2.05) is 31.2 Å². The third-order valence-corrected chi connectivity index (χ3v) is 4.82. The molecular weight excluding hydrogens is 452 g/mol. The van der Waals surface area contributed by atoms with Gasteiger partial charge in [-0.15, -0.1) is 0 Å². The number of hydrogen-bond donors (Lipinski definition) is 2. The lowest BCUT2D eigenvalue weighted by Crippen LogP contribution is -2.20. The highest BCUT2D eigenvalue weighted by Gasteiger charge is 2.15. The lowest BCUT2D eigenvalue weighted by molar-refractivity contribution is -0.385. The standard InChI is InChI=1S/C25H24N4O6/c1-17-7-10-20(11-8-17)27-25(31)16-35-22-12-9-18(13-23(22)34-2)15-26-28-24(30)14-19-5-3-4-6-21(19)29(32)33/h3-13,15H,14,16H2,1-2H3,(H,27,31)(H,28,30)/b26-15+. The zero-order chi connectivity index (χ0) is 25.2. The van der Waals surface area contributed by atoms with Crippen molar-refractivity contribution in [2.75, 3.05) is 19.0 Å². The molecule has 3 aromatic rings. The van der Waals surface area contributed by atoms with Gasteiger partial charge in [-0.25, -0.2) is 5.43 Å². The molecule has 2 N–H and O–H groups in total. The number of nitrogens with one attached hydrogen (secondary N) is 2. The van der Waals surface area contributed by atoms with Crippen LogP contribution in [0.1, 0.15) is 16.7 Å². The first kappa shape index (κ1) is 24.9. The Morgan fingerprint density at radius 2 is 1.77 bits per heavy atom. The van der Waals surface area contributed by atoms with Crippen molar-refractivity contribution in [2.45, 2.75) is 13.3 Å². The average Bonchev–Trinajstić information content (AvgIpc) is 2.84. The number of nitro groups is 1. The predicted molar refractivity (Wildman–Crippen MR) is 131 cm³/mol. The van der Waals surface area contributed by atoms with Crippen molar-refractivity contribution in [3.8, 4) is 11.5 Å². The van der Waals surface area contributed by atoms with E-state index in [1.54, 1.807) is 24.3 Å². The Kier molecular flexibility index (Phi) is 8.49. The maximum Gasteiger partial charge on any atom is 0.273 e. The smallest absolute Gasteiger partial charge is 0.273 e. The maximum atomic E-state index is 12.2. The van der Waals surface area contributed by atoms with Crippen LogP contribution in [0.5, 0.6) is 11.5 Å². The fourth-order valence-electron chi connectivity index (χ4n) is 3.09. The van der Waals surface area contributed by atoms with Gasteiger partial charge in [-0.1, -0.05) is 35.9 Å². The molecule has 0 aromatic heterocycles. The first-order valence-corrected chi connectivity index (χ1v) is 10.6. The molecule has 0 saturated carbocycles. The second kappa shape index (κ2) is 11.9. The van der Waals surface area contributed by atoms with Crippen molar-refractivity contribution in [1.82, 2.24) is 5.43 Å². The summed E-state index contributed by atoms with van der Waals surface area (Å²) in [4.78, 5) is 34.8. The van der Waals surface area contributed by atoms with Crippen LogP contribution in [0.4, 0.5) is 11.4 Å². The summed E-state index contributed by atoms with van der Waals surface area (Å²) in [5.41, 5.74) is 4.88. The van der Waals surface area contributed by atoms with E-state index in [9.17, 15) is 19.7 Å². The van der Waals surface area contributed by atoms with Gasteiger partial charge in [0.05, 0.1) is 24.7 Å². The van der Waals surface area contributed by atoms with E-state index < -0.39 is 10.8 Å². The Hall–Kier alpha value is -4.73. The molecule has 0 aliphatic carbocycles. The number of amides is 2. The van der Waals surface area contributed by atoms with E-state index in [0.29, 0.717) is 28.3 Å². The van der Waals surface area contributed by atoms with Crippen LogP contribution in [-0.4, -0.2) is 36.7 Å². The first-order chi connectivity index (χ1) is 16.9. The van der Waals surface area contributed by atoms with Gasteiger partial charge >= 0.3 is 0 Å². The van der Waals surface area contributed by atoms with Crippen LogP contribution in [0.25, 0.3) is 0 Å². The minimum atomic E-state index is -0.534. The van der Waals surface area contributed by atoms with E-state index in [0.717, 1.165) is 5.56 Å². The van der Waals surface area contributed by atoms with Gasteiger partial charge in [0.25, 0.3) is 11.6 Å². The Morgan fingerprint density at radius 1 is 1.03 bits per heavy atom. The second-order valence-corrected chi connectivity index (χ2v) is 7.47. The largest absolute Gasteiger partial charge is 0.493 e. The van der Waals surface area contributed by atoms with Gasteiger partial charge in [-0.05, 0) is 42.8 Å². The number of para-hydroxylation sites is 1. The fourth-order valence-corrected chi connectivity index (χ4v) is 3.09. The molecule has 0 bridgehead atoms. The number of nitrogens with zero attached hydrogens (tertiary/aromatic N) is 2. The molecule has 35 heavy (non-hydrogen) atoms. The fraction of sp³-hybridized carbons (Fsp3) is 0.160. The van der Waals surface area contributed by atoms with Crippen LogP contribution in [0.3, 0.4) is 0 Å². The molecule has 0 spiro atoms. The van der Waals surface area contributed by atoms with Crippen molar-refractivity contribution in [3.05, 3.63) is 93.5 Å². The lowest BCUT2D eigenvalue weighted by Gasteiger charge is -2.11. The van der Waals surface area contributed by atoms with Crippen LogP contribution in [-0.2, 0) is 16.0 Å². The van der Waals surface area contributed by atoms with Crippen LogP contribution >= 0.6 is 0 Å². The summed E-state index contributed by atoms with van der Waals surface area (Å²) in [5, 5.41) is 17.7. The Morgan fingerprint density at radius 3 is 2.49 bits per heavy atom. The normalized spacial score (nSPS) is 10.6. The molecule has 2 amide bonds. The minimum absolute atomic E-state index is 0.125. The molecule has 0 fully saturated rings. The van der Waals surface area contributed by atoms with Crippen LogP contribution in [0, 0.1) is 17.0 Å². The van der Waals surface area contributed by atoms with Crippen molar-refractivity contribution in [1.29, 1.82) is 0 Å². The summed E-state index contributed by atoms with van der Waals surface area (Å²) >= 11 is 0. The van der Waals surface area contributed by atoms with Crippen molar-refractivity contribution in [2.24, 2.45) is 5.10 Å². The molecule has 0 aliphatic heterocycles. The molecule has 0 aliphatic rings. The number of carbonyl (C=O) groups is 2. The van der Waals surface area contributed by atoms with Crippen LogP contribution < -0.4 is 20.2 Å². The molecule has 10 nitrogen and oxygen atoms in total. The average molecular weight is 476 g/mol. The first-order valence-electron chi connectivity index (χ1n) is 10.6. The quantitative estimate of drug-likeness (QED) is 0.261. The number of benzene rings is 3. The molecule has 180 valence electrons. The van der Waals surface area contributed by atoms with E-state index in [1.165, 1.54) is 31.5 Å². The van der Waals surface area contributed by atoms with Gasteiger partial charge in [-0.3, -0.25) is 19.7 Å². The summed E-state index contributed by atoms with van der Waals surface area (Å²) in [5.74, 6) is -0.0718. The number of ether oxygens (including phenoxy) is 2. The third kappa shape index (κ3) is 7.39. The topological polar surface area (TPSA) is 132 Å². The summed E-state index contributed by atoms with van der Waals surface area (Å²) < 4.78 is 10.9. The highest BCUT2D eigenvalue weighted by molar-refractivity contribution is 5.92. The Balaban J connectivity index is 1.54. The summed E-state index contributed by atoms with van der Waals surface area (Å²) in [6.45, 7) is 1.75. The van der Waals surface area contributed by atoms with Crippen molar-refractivity contribution < 1.29 is 24.0 Å². The third-order valence-electron chi connectivity index (χ3n) is 4.82. The molecular formula is C25H24N4O6. The van der Waals surface area contributed by atoms with Crippen LogP contribution in [0.15, 0.2) is 71.8 Å². The molecule has 0 unspecified atom stereocenters. The van der Waals surface area contributed by atoms with E-state index in [4.69, 9.17) is 9.47 Å². The van der Waals surface area contributed by atoms with Gasteiger partial charge in [0, 0.05) is 17.3 Å². The summed E-state index contributed by atoms with van der Waals surface area (Å²) in [6, 6.07) is 18.4. The Bertz CT molecular complexity index is 1240. The van der Waals surface area contributed by atoms with Gasteiger partial charge in [0.1, 0.15) is 0 Å². The molecule has 0 saturated heterocycles. The van der Waals surface area contributed by atoms with Gasteiger partial charge in [0.15, 0.2) is 18.1 Å². The molecule has 0 heterocycles. The molecule has 0 atom stereocenters. The number of rotatable bonds is 10. The molecule has 10 heteroatoms. The van der Waals surface area contributed by atoms with E-state index in [-0.39, 0.29) is 24.6 Å². The molecule has 3 rings (SSSR count). The number of hydrazone groups is 1. The molecule has 3 aromatic carbocycles. The number of anilines is 1. The number of nitro benzene ring substituents is 1. The van der Waals surface area contributed by atoms with E-state index in [2.05, 4.69) is 15.8 Å². The predicted octanol–water partition coefficient (Wildman–Crippen LogP) is 3.62. The van der Waals surface area contributed by atoms with Gasteiger partial charge in [0.2, 0.25) is 5.91 Å². The SMILES string of the molecule is COc1cc(/C=N/NC(=O)Cc2ccccc2[N+](=O)[O-])ccc1OCC(=O)Nc1ccc(C)cc1. The lowest BCUT2D eigenvalue weighted by atomic mass is 10.1. The van der Waals surface area contributed by atoms with E-state index >= 15 is 0 Å². The Labute approximate surface area is 201 Å². The highest BCUT2D eigenvalue weighted by atomic mass is 16.6. The second-order valence-electron chi connectivity index (χ2n) is 7.47. The maximum absolute atomic E-state index is 12.2. The van der Waals surface area contributed by atoms with Gasteiger partial charge in [-0.2, -0.15) is 5.10 Å². The zero-order valence-electron chi connectivity index (χ0n) is 19.2. The number of aryl methyl sites for hydroxylation is 1. The molecule has 0 radical (unpaired) electrons. The number of hydrogen-bond acceptors (Lipinski definition) is 7. The zero-order valence-corrected chi connectivity index (χ0v) is 19.2. The van der Waals surface area contributed by atoms with Crippen molar-refractivity contribution in [3.63, 3.8) is 0 Å². The summed E-state index contributed by atoms with van der Waals surface area (Å²) in [6.07, 6.45) is 1.21. The minimum Gasteiger partial charge on any atom is -0.493 e. The van der Waals surface area contributed by atoms with Crippen molar-refractivity contribution >= 4 is 29.4 Å². The monoisotopic (exact) mass is 476 g/mol. The van der Waals surface area contributed by atoms with Gasteiger partial charge < -0.3 is 14.8 Å².